The number of unbranched alkanes of at least 4 members (excludes halogenated alkanes) is 1. The molecule has 1 aromatic carbocycles. The van der Waals surface area contributed by atoms with Crippen LogP contribution in [0.15, 0.2) is 18.2 Å². The third kappa shape index (κ3) is 10.4. The van der Waals surface area contributed by atoms with Crippen LogP contribution in [0.1, 0.15) is 111 Å². The van der Waals surface area contributed by atoms with Crippen molar-refractivity contribution < 1.29 is 19.1 Å². The lowest BCUT2D eigenvalue weighted by atomic mass is 9.90. The monoisotopic (exact) mass is 517 g/mol. The average Bonchev–Trinajstić information content (AvgIpc) is 2.74. The van der Waals surface area contributed by atoms with Crippen molar-refractivity contribution in [3.63, 3.8) is 0 Å². The molecule has 2 atom stereocenters. The van der Waals surface area contributed by atoms with Crippen molar-refractivity contribution in [3.8, 4) is 0 Å². The van der Waals surface area contributed by atoms with E-state index in [1.807, 2.05) is 60.6 Å². The van der Waals surface area contributed by atoms with Crippen LogP contribution in [-0.4, -0.2) is 46.5 Å². The second-order valence-corrected chi connectivity index (χ2v) is 12.2. The van der Waals surface area contributed by atoms with Gasteiger partial charge in [-0.1, -0.05) is 63.4 Å². The molecule has 0 saturated carbocycles. The maximum atomic E-state index is 14.4. The number of hydrogen-bond donors (Lipinski definition) is 2. The summed E-state index contributed by atoms with van der Waals surface area (Å²) < 4.78 is 5.48. The van der Waals surface area contributed by atoms with Crippen molar-refractivity contribution in [2.75, 3.05) is 6.54 Å². The predicted molar refractivity (Wildman–Crippen MR) is 150 cm³/mol. The van der Waals surface area contributed by atoms with Gasteiger partial charge in [0.2, 0.25) is 11.8 Å². The van der Waals surface area contributed by atoms with E-state index in [0.717, 1.165) is 29.5 Å². The van der Waals surface area contributed by atoms with Gasteiger partial charge in [0.1, 0.15) is 17.7 Å². The largest absolute Gasteiger partial charge is 0.444 e. The zero-order valence-electron chi connectivity index (χ0n) is 25.1. The molecule has 1 aromatic rings. The number of nitrogens with zero attached hydrogens (tertiary/aromatic N) is 1. The lowest BCUT2D eigenvalue weighted by molar-refractivity contribution is -0.149. The number of aryl methyl sites for hydroxylation is 2. The number of rotatable bonds is 12. The second kappa shape index (κ2) is 13.8. The standard InChI is InChI=1S/C30H51N3O4/c1-12-14-15-31-26(34)25(23-18-21(5)17-22(6)19-23)33(30(10,11)13-2)27(35)24(16-20(3)4)32-28(36)37-29(7,8)9/h17-20,24-25H,12-16H2,1-11H3,(H,31,34)(H,32,36). The zero-order chi connectivity index (χ0) is 28.6. The predicted octanol–water partition coefficient (Wildman–Crippen LogP) is 6.22. The summed E-state index contributed by atoms with van der Waals surface area (Å²) in [5.74, 6) is -0.372. The number of carbonyl (C=O) groups excluding carboxylic acids is 3. The van der Waals surface area contributed by atoms with Gasteiger partial charge in [-0.3, -0.25) is 9.59 Å². The molecule has 0 aliphatic rings. The molecule has 37 heavy (non-hydrogen) atoms. The summed E-state index contributed by atoms with van der Waals surface area (Å²) >= 11 is 0. The van der Waals surface area contributed by atoms with Gasteiger partial charge in [0, 0.05) is 12.1 Å². The molecule has 210 valence electrons. The van der Waals surface area contributed by atoms with Crippen LogP contribution in [0.5, 0.6) is 0 Å². The molecular weight excluding hydrogens is 466 g/mol. The number of ether oxygens (including phenoxy) is 1. The van der Waals surface area contributed by atoms with Gasteiger partial charge in [-0.15, -0.1) is 0 Å². The lowest BCUT2D eigenvalue weighted by Gasteiger charge is -2.45. The summed E-state index contributed by atoms with van der Waals surface area (Å²) in [5.41, 5.74) is 1.45. The lowest BCUT2D eigenvalue weighted by Crippen LogP contribution is -2.59. The Balaban J connectivity index is 3.66. The van der Waals surface area contributed by atoms with Gasteiger partial charge >= 0.3 is 6.09 Å². The Kier molecular flexibility index (Phi) is 12.1. The number of benzene rings is 1. The van der Waals surface area contributed by atoms with Crippen molar-refractivity contribution in [3.05, 3.63) is 34.9 Å². The van der Waals surface area contributed by atoms with E-state index < -0.39 is 29.3 Å². The summed E-state index contributed by atoms with van der Waals surface area (Å²) in [7, 11) is 0. The van der Waals surface area contributed by atoms with Crippen LogP contribution in [0, 0.1) is 19.8 Å². The van der Waals surface area contributed by atoms with Crippen LogP contribution in [0.3, 0.4) is 0 Å². The fraction of sp³-hybridized carbons (Fsp3) is 0.700. The first kappa shape index (κ1) is 32.5. The zero-order valence-corrected chi connectivity index (χ0v) is 25.1. The van der Waals surface area contributed by atoms with Crippen molar-refractivity contribution in [2.24, 2.45) is 5.92 Å². The van der Waals surface area contributed by atoms with Crippen LogP contribution in [0.4, 0.5) is 4.79 Å². The van der Waals surface area contributed by atoms with Gasteiger partial charge in [0.05, 0.1) is 0 Å². The number of hydrogen-bond acceptors (Lipinski definition) is 4. The molecular formula is C30H51N3O4. The number of carbonyl (C=O) groups is 3. The van der Waals surface area contributed by atoms with E-state index in [0.29, 0.717) is 19.4 Å². The van der Waals surface area contributed by atoms with Crippen molar-refractivity contribution >= 4 is 17.9 Å². The Hall–Kier alpha value is -2.57. The third-order valence-electron chi connectivity index (χ3n) is 6.35. The Morgan fingerprint density at radius 3 is 2.00 bits per heavy atom. The maximum absolute atomic E-state index is 14.4. The van der Waals surface area contributed by atoms with Gasteiger partial charge in [0.15, 0.2) is 0 Å². The first-order valence-electron chi connectivity index (χ1n) is 13.7. The molecule has 0 aliphatic carbocycles. The minimum atomic E-state index is -0.840. The van der Waals surface area contributed by atoms with Gasteiger partial charge in [0.25, 0.3) is 0 Å². The molecule has 0 heterocycles. The van der Waals surface area contributed by atoms with Gasteiger partial charge < -0.3 is 20.3 Å². The van der Waals surface area contributed by atoms with Crippen molar-refractivity contribution in [1.29, 1.82) is 0 Å². The van der Waals surface area contributed by atoms with Crippen LogP contribution in [0.25, 0.3) is 0 Å². The van der Waals surface area contributed by atoms with Crippen molar-refractivity contribution in [1.82, 2.24) is 15.5 Å². The van der Waals surface area contributed by atoms with E-state index >= 15 is 0 Å². The van der Waals surface area contributed by atoms with E-state index in [2.05, 4.69) is 23.6 Å². The van der Waals surface area contributed by atoms with E-state index in [4.69, 9.17) is 4.74 Å². The van der Waals surface area contributed by atoms with E-state index in [-0.39, 0.29) is 17.7 Å². The second-order valence-electron chi connectivity index (χ2n) is 12.2. The van der Waals surface area contributed by atoms with Gasteiger partial charge in [-0.05, 0) is 79.2 Å². The summed E-state index contributed by atoms with van der Waals surface area (Å²) in [5, 5.41) is 5.88. The molecule has 2 unspecified atom stereocenters. The van der Waals surface area contributed by atoms with Gasteiger partial charge in [-0.25, -0.2) is 4.79 Å². The van der Waals surface area contributed by atoms with Crippen LogP contribution in [-0.2, 0) is 14.3 Å². The molecule has 0 fully saturated rings. The van der Waals surface area contributed by atoms with E-state index in [1.165, 1.54) is 0 Å². The highest BCUT2D eigenvalue weighted by Crippen LogP contribution is 2.33. The minimum Gasteiger partial charge on any atom is -0.444 e. The maximum Gasteiger partial charge on any atom is 0.408 e. The summed E-state index contributed by atoms with van der Waals surface area (Å²) in [4.78, 5) is 42.6. The highest BCUT2D eigenvalue weighted by molar-refractivity contribution is 5.92. The molecule has 7 nitrogen and oxygen atoms in total. The fourth-order valence-electron chi connectivity index (χ4n) is 4.33. The molecule has 1 rings (SSSR count). The number of nitrogens with one attached hydrogen (secondary N) is 2. The van der Waals surface area contributed by atoms with E-state index in [9.17, 15) is 14.4 Å². The molecule has 3 amide bonds. The Labute approximate surface area is 225 Å². The fourth-order valence-corrected chi connectivity index (χ4v) is 4.33. The SMILES string of the molecule is CCCCNC(=O)C(c1cc(C)cc(C)c1)N(C(=O)C(CC(C)C)NC(=O)OC(C)(C)C)C(C)(C)CC. The molecule has 2 N–H and O–H groups in total. The summed E-state index contributed by atoms with van der Waals surface area (Å²) in [6, 6.07) is 4.33. The Morgan fingerprint density at radius 2 is 1.54 bits per heavy atom. The molecule has 0 saturated heterocycles. The molecule has 0 bridgehead atoms. The number of alkyl carbamates (subject to hydrolysis) is 1. The summed E-state index contributed by atoms with van der Waals surface area (Å²) in [6.45, 7) is 21.9. The van der Waals surface area contributed by atoms with E-state index in [1.54, 1.807) is 25.7 Å². The average molecular weight is 518 g/mol. The first-order chi connectivity index (χ1) is 17.0. The highest BCUT2D eigenvalue weighted by atomic mass is 16.6. The molecule has 0 spiro atoms. The molecule has 7 heteroatoms. The Bertz CT molecular complexity index is 898. The smallest absolute Gasteiger partial charge is 0.408 e. The first-order valence-corrected chi connectivity index (χ1v) is 13.7. The highest BCUT2D eigenvalue weighted by Gasteiger charge is 2.43. The quantitative estimate of drug-likeness (QED) is 0.322. The Morgan fingerprint density at radius 1 is 0.973 bits per heavy atom. The topological polar surface area (TPSA) is 87.7 Å². The van der Waals surface area contributed by atoms with Crippen LogP contribution >= 0.6 is 0 Å². The van der Waals surface area contributed by atoms with Crippen LogP contribution < -0.4 is 10.6 Å². The molecule has 0 aliphatic heterocycles. The summed E-state index contributed by atoms with van der Waals surface area (Å²) in [6.07, 6.45) is 2.21. The van der Waals surface area contributed by atoms with Crippen molar-refractivity contribution in [2.45, 2.75) is 125 Å². The molecule has 0 aromatic heterocycles. The van der Waals surface area contributed by atoms with Crippen LogP contribution in [0.2, 0.25) is 0 Å². The minimum absolute atomic E-state index is 0.133. The number of amides is 3. The third-order valence-corrected chi connectivity index (χ3v) is 6.35. The van der Waals surface area contributed by atoms with Gasteiger partial charge in [-0.2, -0.15) is 0 Å². The normalized spacial score (nSPS) is 13.6. The molecule has 0 radical (unpaired) electrons.